The Morgan fingerprint density at radius 1 is 1.29 bits per heavy atom. The van der Waals surface area contributed by atoms with Gasteiger partial charge in [-0.1, -0.05) is 0 Å². The highest BCUT2D eigenvalue weighted by atomic mass is 79.9. The number of pyridine rings is 1. The lowest BCUT2D eigenvalue weighted by Crippen LogP contribution is -2.42. The first kappa shape index (κ1) is 15.4. The highest BCUT2D eigenvalue weighted by Crippen LogP contribution is 2.32. The van der Waals surface area contributed by atoms with Gasteiger partial charge in [0, 0.05) is 36.0 Å². The van der Waals surface area contributed by atoms with Gasteiger partial charge in [0.2, 0.25) is 10.0 Å². The number of nitrogens with zero attached hydrogens (tertiary/aromatic N) is 2. The molecule has 1 aromatic heterocycles. The molecule has 7 heteroatoms. The predicted octanol–water partition coefficient (Wildman–Crippen LogP) is 2.00. The van der Waals surface area contributed by atoms with Crippen LogP contribution in [0.15, 0.2) is 27.8 Å². The molecule has 1 saturated carbocycles. The van der Waals surface area contributed by atoms with Crippen molar-refractivity contribution in [2.75, 3.05) is 19.6 Å². The molecule has 5 nitrogen and oxygen atoms in total. The fourth-order valence-electron chi connectivity index (χ4n) is 2.70. The summed E-state index contributed by atoms with van der Waals surface area (Å²) in [6.07, 6.45) is 7.49. The molecule has 1 N–H and O–H groups in total. The van der Waals surface area contributed by atoms with Gasteiger partial charge < -0.3 is 5.32 Å². The molecule has 0 aromatic carbocycles. The first-order valence-electron chi connectivity index (χ1n) is 7.40. The minimum atomic E-state index is -3.47. The van der Waals surface area contributed by atoms with Crippen molar-refractivity contribution in [1.29, 1.82) is 0 Å². The highest BCUT2D eigenvalue weighted by molar-refractivity contribution is 9.10. The van der Waals surface area contributed by atoms with Gasteiger partial charge in [0.05, 0.1) is 0 Å². The maximum absolute atomic E-state index is 12.9. The smallest absolute Gasteiger partial charge is 0.244 e. The zero-order valence-electron chi connectivity index (χ0n) is 11.8. The second kappa shape index (κ2) is 6.32. The van der Waals surface area contributed by atoms with E-state index < -0.39 is 10.0 Å². The molecule has 1 aliphatic carbocycles. The summed E-state index contributed by atoms with van der Waals surface area (Å²) in [6.45, 7) is 2.18. The van der Waals surface area contributed by atoms with Crippen LogP contribution in [0.25, 0.3) is 0 Å². The standard InChI is InChI=1S/C14H20BrN3O2S/c15-12-6-14(8-16-7-12)21(19,20)18(9-11-3-4-11)10-13-2-1-5-17-13/h6-8,11,13,17H,1-5,9-10H2. The van der Waals surface area contributed by atoms with Gasteiger partial charge in [0.25, 0.3) is 0 Å². The number of aromatic nitrogens is 1. The van der Waals surface area contributed by atoms with Crippen LogP contribution in [0, 0.1) is 5.92 Å². The first-order valence-corrected chi connectivity index (χ1v) is 9.63. The maximum atomic E-state index is 12.9. The second-order valence-electron chi connectivity index (χ2n) is 5.90. The third kappa shape index (κ3) is 3.83. The molecule has 1 saturated heterocycles. The van der Waals surface area contributed by atoms with Crippen LogP contribution in [-0.4, -0.2) is 43.4 Å². The van der Waals surface area contributed by atoms with E-state index in [2.05, 4.69) is 26.2 Å². The Kier molecular flexibility index (Phi) is 4.63. The van der Waals surface area contributed by atoms with Crippen molar-refractivity contribution >= 4 is 26.0 Å². The zero-order valence-corrected chi connectivity index (χ0v) is 14.2. The molecule has 116 valence electrons. The van der Waals surface area contributed by atoms with Crippen LogP contribution < -0.4 is 5.32 Å². The normalized spacial score (nSPS) is 22.9. The van der Waals surface area contributed by atoms with Gasteiger partial charge in [0.15, 0.2) is 0 Å². The van der Waals surface area contributed by atoms with Gasteiger partial charge in [-0.25, -0.2) is 8.42 Å². The Morgan fingerprint density at radius 2 is 2.10 bits per heavy atom. The molecular formula is C14H20BrN3O2S. The minimum Gasteiger partial charge on any atom is -0.313 e. The van der Waals surface area contributed by atoms with E-state index in [-0.39, 0.29) is 10.9 Å². The molecule has 2 fully saturated rings. The summed E-state index contributed by atoms with van der Waals surface area (Å²) in [5.41, 5.74) is 0. The van der Waals surface area contributed by atoms with Crippen LogP contribution >= 0.6 is 15.9 Å². The van der Waals surface area contributed by atoms with E-state index in [4.69, 9.17) is 0 Å². The molecule has 1 unspecified atom stereocenters. The maximum Gasteiger partial charge on any atom is 0.244 e. The molecule has 1 atom stereocenters. The molecule has 0 radical (unpaired) electrons. The molecule has 0 spiro atoms. The molecule has 21 heavy (non-hydrogen) atoms. The van der Waals surface area contributed by atoms with E-state index in [1.807, 2.05) is 0 Å². The monoisotopic (exact) mass is 373 g/mol. The van der Waals surface area contributed by atoms with Crippen molar-refractivity contribution in [1.82, 2.24) is 14.6 Å². The average molecular weight is 374 g/mol. The van der Waals surface area contributed by atoms with Crippen LogP contribution in [0.5, 0.6) is 0 Å². The summed E-state index contributed by atoms with van der Waals surface area (Å²) in [4.78, 5) is 4.26. The van der Waals surface area contributed by atoms with Gasteiger partial charge in [-0.3, -0.25) is 4.98 Å². The largest absolute Gasteiger partial charge is 0.313 e. The number of sulfonamides is 1. The molecule has 2 heterocycles. The molecule has 3 rings (SSSR count). The van der Waals surface area contributed by atoms with Crippen molar-refractivity contribution in [3.8, 4) is 0 Å². The van der Waals surface area contributed by atoms with Crippen LogP contribution in [0.1, 0.15) is 25.7 Å². The van der Waals surface area contributed by atoms with Crippen molar-refractivity contribution in [2.24, 2.45) is 5.92 Å². The number of rotatable bonds is 6. The molecule has 0 amide bonds. The summed E-state index contributed by atoms with van der Waals surface area (Å²) >= 11 is 3.30. The molecule has 1 aliphatic heterocycles. The Balaban J connectivity index is 1.82. The second-order valence-corrected chi connectivity index (χ2v) is 8.75. The lowest BCUT2D eigenvalue weighted by molar-refractivity contribution is 0.358. The molecule has 0 bridgehead atoms. The van der Waals surface area contributed by atoms with E-state index in [0.717, 1.165) is 32.2 Å². The van der Waals surface area contributed by atoms with Gasteiger partial charge in [-0.15, -0.1) is 0 Å². The van der Waals surface area contributed by atoms with E-state index >= 15 is 0 Å². The average Bonchev–Trinajstić information content (AvgIpc) is 3.12. The third-order valence-electron chi connectivity index (χ3n) is 4.06. The van der Waals surface area contributed by atoms with Gasteiger partial charge in [0.1, 0.15) is 4.90 Å². The van der Waals surface area contributed by atoms with E-state index in [0.29, 0.717) is 23.5 Å². The van der Waals surface area contributed by atoms with E-state index in [1.54, 1.807) is 16.6 Å². The Morgan fingerprint density at radius 3 is 2.71 bits per heavy atom. The Hall–Kier alpha value is -0.500. The number of hydrogen-bond donors (Lipinski definition) is 1. The topological polar surface area (TPSA) is 62.3 Å². The molecule has 1 aromatic rings. The summed E-state index contributed by atoms with van der Waals surface area (Å²) in [7, 11) is -3.47. The van der Waals surface area contributed by atoms with Crippen LogP contribution in [-0.2, 0) is 10.0 Å². The lowest BCUT2D eigenvalue weighted by atomic mass is 10.2. The highest BCUT2D eigenvalue weighted by Gasteiger charge is 2.33. The van der Waals surface area contributed by atoms with Crippen molar-refractivity contribution in [2.45, 2.75) is 36.6 Å². The van der Waals surface area contributed by atoms with Gasteiger partial charge >= 0.3 is 0 Å². The Bertz CT molecular complexity index is 598. The Labute approximate surface area is 134 Å². The number of halogens is 1. The fourth-order valence-corrected chi connectivity index (χ4v) is 4.77. The van der Waals surface area contributed by atoms with Gasteiger partial charge in [-0.05, 0) is 60.1 Å². The van der Waals surface area contributed by atoms with Crippen molar-refractivity contribution < 1.29 is 8.42 Å². The third-order valence-corrected chi connectivity index (χ3v) is 6.29. The van der Waals surface area contributed by atoms with Crippen LogP contribution in [0.3, 0.4) is 0 Å². The van der Waals surface area contributed by atoms with Crippen LogP contribution in [0.4, 0.5) is 0 Å². The summed E-state index contributed by atoms with van der Waals surface area (Å²) in [6, 6.07) is 1.91. The molecule has 2 aliphatic rings. The van der Waals surface area contributed by atoms with E-state index in [9.17, 15) is 8.42 Å². The van der Waals surface area contributed by atoms with Crippen molar-refractivity contribution in [3.05, 3.63) is 22.9 Å². The van der Waals surface area contributed by atoms with Gasteiger partial charge in [-0.2, -0.15) is 4.31 Å². The van der Waals surface area contributed by atoms with Crippen LogP contribution in [0.2, 0.25) is 0 Å². The summed E-state index contributed by atoms with van der Waals surface area (Å²) in [5.74, 6) is 0.529. The van der Waals surface area contributed by atoms with E-state index in [1.165, 1.54) is 6.20 Å². The summed E-state index contributed by atoms with van der Waals surface area (Å²) in [5, 5.41) is 3.38. The SMILES string of the molecule is O=S(=O)(c1cncc(Br)c1)N(CC1CC1)CC1CCCN1. The predicted molar refractivity (Wildman–Crippen MR) is 84.4 cm³/mol. The molecular weight excluding hydrogens is 354 g/mol. The lowest BCUT2D eigenvalue weighted by Gasteiger charge is -2.25. The number of hydrogen-bond acceptors (Lipinski definition) is 4. The summed E-state index contributed by atoms with van der Waals surface area (Å²) < 4.78 is 28.1. The number of nitrogens with one attached hydrogen (secondary N) is 1. The quantitative estimate of drug-likeness (QED) is 0.828. The first-order chi connectivity index (χ1) is 10.1. The fraction of sp³-hybridized carbons (Fsp3) is 0.643. The van der Waals surface area contributed by atoms with Crippen molar-refractivity contribution in [3.63, 3.8) is 0 Å². The zero-order chi connectivity index (χ0) is 14.9. The minimum absolute atomic E-state index is 0.274.